The van der Waals surface area contributed by atoms with Crippen LogP contribution in [0.5, 0.6) is 0 Å². The molecule has 0 bridgehead atoms. The first-order valence-corrected chi connectivity index (χ1v) is 10.3. The van der Waals surface area contributed by atoms with Gasteiger partial charge in [0, 0.05) is 61.5 Å². The van der Waals surface area contributed by atoms with Crippen molar-refractivity contribution in [2.24, 2.45) is 5.41 Å². The summed E-state index contributed by atoms with van der Waals surface area (Å²) < 4.78 is 0. The summed E-state index contributed by atoms with van der Waals surface area (Å²) in [6.07, 6.45) is 0. The molecule has 8 nitrogen and oxygen atoms in total. The number of amides is 2. The molecule has 0 spiro atoms. The largest absolute Gasteiger partial charge is 0.336 e. The normalized spacial score (nSPS) is 14.9. The van der Waals surface area contributed by atoms with Gasteiger partial charge in [0.1, 0.15) is 0 Å². The molecule has 1 aliphatic rings. The highest BCUT2D eigenvalue weighted by molar-refractivity contribution is 5.98. The van der Waals surface area contributed by atoms with Gasteiger partial charge in [-0.05, 0) is 23.8 Å². The molecule has 0 saturated carbocycles. The monoisotopic (exact) mass is 424 g/mol. The van der Waals surface area contributed by atoms with E-state index in [-0.39, 0.29) is 17.5 Å². The number of carbonyl (C=O) groups is 2. The SMILES string of the molecule is CC(C)(C)C(=O)Nc1cccc(C(=O)N2CCN(Cc3cccc([N+](=O)[O-])c3)CC2)c1. The first kappa shape index (κ1) is 22.4. The molecule has 0 unspecified atom stereocenters. The number of nitro benzene ring substituents is 1. The maximum atomic E-state index is 12.9. The molecule has 0 radical (unpaired) electrons. The van der Waals surface area contributed by atoms with E-state index in [4.69, 9.17) is 0 Å². The van der Waals surface area contributed by atoms with Gasteiger partial charge < -0.3 is 10.2 Å². The Kier molecular flexibility index (Phi) is 6.70. The number of nitrogens with zero attached hydrogens (tertiary/aromatic N) is 3. The van der Waals surface area contributed by atoms with Crippen LogP contribution < -0.4 is 5.32 Å². The molecule has 0 aromatic heterocycles. The molecule has 2 aromatic carbocycles. The summed E-state index contributed by atoms with van der Waals surface area (Å²) in [7, 11) is 0. The lowest BCUT2D eigenvalue weighted by atomic mass is 9.95. The van der Waals surface area contributed by atoms with E-state index < -0.39 is 10.3 Å². The average molecular weight is 425 g/mol. The van der Waals surface area contributed by atoms with Gasteiger partial charge in [-0.25, -0.2) is 0 Å². The van der Waals surface area contributed by atoms with Crippen molar-refractivity contribution in [2.45, 2.75) is 27.3 Å². The molecular weight excluding hydrogens is 396 g/mol. The Morgan fingerprint density at radius 2 is 1.71 bits per heavy atom. The maximum absolute atomic E-state index is 12.9. The van der Waals surface area contributed by atoms with Crippen LogP contribution in [0.25, 0.3) is 0 Å². The highest BCUT2D eigenvalue weighted by atomic mass is 16.6. The third-order valence-corrected chi connectivity index (χ3v) is 5.24. The Bertz CT molecular complexity index is 976. The van der Waals surface area contributed by atoms with Crippen LogP contribution in [0.15, 0.2) is 48.5 Å². The van der Waals surface area contributed by atoms with Crippen molar-refractivity contribution in [1.29, 1.82) is 0 Å². The number of rotatable bonds is 5. The minimum absolute atomic E-state index is 0.0677. The summed E-state index contributed by atoms with van der Waals surface area (Å²) >= 11 is 0. The molecule has 0 atom stereocenters. The van der Waals surface area contributed by atoms with E-state index in [2.05, 4.69) is 10.2 Å². The highest BCUT2D eigenvalue weighted by Crippen LogP contribution is 2.20. The van der Waals surface area contributed by atoms with E-state index in [0.29, 0.717) is 44.0 Å². The van der Waals surface area contributed by atoms with Crippen LogP contribution in [0.4, 0.5) is 11.4 Å². The van der Waals surface area contributed by atoms with Crippen LogP contribution >= 0.6 is 0 Å². The number of carbonyl (C=O) groups excluding carboxylic acids is 2. The summed E-state index contributed by atoms with van der Waals surface area (Å²) in [5.74, 6) is -0.172. The topological polar surface area (TPSA) is 95.8 Å². The van der Waals surface area contributed by atoms with Crippen molar-refractivity contribution in [1.82, 2.24) is 9.80 Å². The zero-order valence-electron chi connectivity index (χ0n) is 18.1. The van der Waals surface area contributed by atoms with E-state index in [1.54, 1.807) is 41.3 Å². The van der Waals surface area contributed by atoms with Crippen molar-refractivity contribution >= 4 is 23.2 Å². The fourth-order valence-corrected chi connectivity index (χ4v) is 3.37. The van der Waals surface area contributed by atoms with Gasteiger partial charge >= 0.3 is 0 Å². The Balaban J connectivity index is 1.58. The first-order chi connectivity index (χ1) is 14.6. The zero-order chi connectivity index (χ0) is 22.6. The molecule has 8 heteroatoms. The predicted octanol–water partition coefficient (Wildman–Crippen LogP) is 3.54. The molecule has 164 valence electrons. The van der Waals surface area contributed by atoms with Crippen LogP contribution in [0.2, 0.25) is 0 Å². The maximum Gasteiger partial charge on any atom is 0.269 e. The number of hydrogen-bond donors (Lipinski definition) is 1. The summed E-state index contributed by atoms with van der Waals surface area (Å²) in [6.45, 7) is 8.65. The molecule has 0 aliphatic carbocycles. The smallest absolute Gasteiger partial charge is 0.269 e. The summed E-state index contributed by atoms with van der Waals surface area (Å²) in [5, 5.41) is 13.8. The molecular formula is C23H28N4O4. The van der Waals surface area contributed by atoms with Crippen molar-refractivity contribution in [2.75, 3.05) is 31.5 Å². The molecule has 1 N–H and O–H groups in total. The van der Waals surface area contributed by atoms with Gasteiger partial charge in [-0.2, -0.15) is 0 Å². The highest BCUT2D eigenvalue weighted by Gasteiger charge is 2.24. The fourth-order valence-electron chi connectivity index (χ4n) is 3.37. The average Bonchev–Trinajstić information content (AvgIpc) is 2.73. The van der Waals surface area contributed by atoms with Gasteiger partial charge in [0.05, 0.1) is 4.92 Å². The number of nitrogens with one attached hydrogen (secondary N) is 1. The molecule has 1 fully saturated rings. The Morgan fingerprint density at radius 1 is 1.03 bits per heavy atom. The van der Waals surface area contributed by atoms with E-state index in [1.165, 1.54) is 6.07 Å². The van der Waals surface area contributed by atoms with E-state index in [9.17, 15) is 19.7 Å². The predicted molar refractivity (Wildman–Crippen MR) is 119 cm³/mol. The van der Waals surface area contributed by atoms with E-state index in [1.807, 2.05) is 26.8 Å². The number of non-ortho nitro benzene ring substituents is 1. The molecule has 2 amide bonds. The van der Waals surface area contributed by atoms with Gasteiger partial charge in [-0.3, -0.25) is 24.6 Å². The van der Waals surface area contributed by atoms with E-state index >= 15 is 0 Å². The van der Waals surface area contributed by atoms with Crippen LogP contribution in [0.3, 0.4) is 0 Å². The zero-order valence-corrected chi connectivity index (χ0v) is 18.1. The van der Waals surface area contributed by atoms with E-state index in [0.717, 1.165) is 5.56 Å². The standard InChI is InChI=1S/C23H28N4O4/c1-23(2,3)22(29)24-19-8-5-7-18(15-19)21(28)26-12-10-25(11-13-26)16-17-6-4-9-20(14-17)27(30)31/h4-9,14-15H,10-13,16H2,1-3H3,(H,24,29). The first-order valence-electron chi connectivity index (χ1n) is 10.3. The van der Waals surface area contributed by atoms with Crippen molar-refractivity contribution in [3.8, 4) is 0 Å². The summed E-state index contributed by atoms with van der Waals surface area (Å²) in [4.78, 5) is 39.7. The third kappa shape index (κ3) is 5.88. The molecule has 1 saturated heterocycles. The van der Waals surface area contributed by atoms with Crippen LogP contribution in [-0.2, 0) is 11.3 Å². The number of hydrogen-bond acceptors (Lipinski definition) is 5. The van der Waals surface area contributed by atoms with Crippen molar-refractivity contribution in [3.05, 3.63) is 69.8 Å². The van der Waals surface area contributed by atoms with Crippen LogP contribution in [0, 0.1) is 15.5 Å². The van der Waals surface area contributed by atoms with Gasteiger partial charge in [0.15, 0.2) is 0 Å². The fraction of sp³-hybridized carbons (Fsp3) is 0.391. The number of benzene rings is 2. The number of anilines is 1. The number of nitro groups is 1. The van der Waals surface area contributed by atoms with Gasteiger partial charge in [0.25, 0.3) is 11.6 Å². The minimum atomic E-state index is -0.518. The number of piperazine rings is 1. The Labute approximate surface area is 182 Å². The van der Waals surface area contributed by atoms with Gasteiger partial charge in [0.2, 0.25) is 5.91 Å². The lowest BCUT2D eigenvalue weighted by Gasteiger charge is -2.34. The van der Waals surface area contributed by atoms with Crippen LogP contribution in [0.1, 0.15) is 36.7 Å². The second-order valence-electron chi connectivity index (χ2n) is 8.78. The summed E-state index contributed by atoms with van der Waals surface area (Å²) in [5.41, 5.74) is 1.60. The second-order valence-corrected chi connectivity index (χ2v) is 8.78. The molecule has 1 heterocycles. The van der Waals surface area contributed by atoms with Crippen LogP contribution in [-0.4, -0.2) is 52.7 Å². The lowest BCUT2D eigenvalue weighted by Crippen LogP contribution is -2.48. The second kappa shape index (κ2) is 9.26. The lowest BCUT2D eigenvalue weighted by molar-refractivity contribution is -0.384. The molecule has 31 heavy (non-hydrogen) atoms. The van der Waals surface area contributed by atoms with Crippen molar-refractivity contribution < 1.29 is 14.5 Å². The Morgan fingerprint density at radius 3 is 2.35 bits per heavy atom. The summed E-state index contributed by atoms with van der Waals surface area (Å²) in [6, 6.07) is 13.7. The minimum Gasteiger partial charge on any atom is -0.336 e. The Hall–Kier alpha value is -3.26. The molecule has 1 aliphatic heterocycles. The quantitative estimate of drug-likeness (QED) is 0.585. The van der Waals surface area contributed by atoms with Gasteiger partial charge in [-0.15, -0.1) is 0 Å². The van der Waals surface area contributed by atoms with Crippen molar-refractivity contribution in [3.63, 3.8) is 0 Å². The molecule has 3 rings (SSSR count). The van der Waals surface area contributed by atoms with Gasteiger partial charge in [-0.1, -0.05) is 39.0 Å². The third-order valence-electron chi connectivity index (χ3n) is 5.24. The molecule has 2 aromatic rings.